The number of hydrogen-bond donors (Lipinski definition) is 4. The van der Waals surface area contributed by atoms with Crippen molar-refractivity contribution in [1.82, 2.24) is 38.4 Å². The number of nitrogens with zero attached hydrogens (tertiary/aromatic N) is 8. The van der Waals surface area contributed by atoms with Crippen molar-refractivity contribution in [3.8, 4) is 45.0 Å². The van der Waals surface area contributed by atoms with Crippen molar-refractivity contribution in [3.63, 3.8) is 0 Å². The van der Waals surface area contributed by atoms with Gasteiger partial charge in [0.2, 0.25) is 0 Å². The number of carbonyl (C=O) groups excluding carboxylic acids is 3. The zero-order valence-corrected chi connectivity index (χ0v) is 39.9. The number of aliphatic hydroxyl groups excluding tert-OH is 2. The third kappa shape index (κ3) is 11.4. The number of esters is 2. The van der Waals surface area contributed by atoms with Crippen molar-refractivity contribution in [2.75, 3.05) is 18.6 Å². The lowest BCUT2D eigenvalue weighted by molar-refractivity contribution is -0.154. The van der Waals surface area contributed by atoms with Gasteiger partial charge in [0.25, 0.3) is 0 Å². The van der Waals surface area contributed by atoms with Crippen molar-refractivity contribution >= 4 is 41.4 Å². The van der Waals surface area contributed by atoms with Crippen molar-refractivity contribution in [1.29, 1.82) is 0 Å². The molecule has 1 aliphatic rings. The maximum atomic E-state index is 14.6. The minimum Gasteiger partial charge on any atom is -0.432 e. The zero-order chi connectivity index (χ0) is 52.1. The number of oxazole rings is 2. The van der Waals surface area contributed by atoms with E-state index >= 15 is 0 Å². The number of pyridine rings is 2. The molecule has 1 saturated heterocycles. The van der Waals surface area contributed by atoms with Gasteiger partial charge < -0.3 is 34.0 Å². The molecule has 1 aliphatic heterocycles. The summed E-state index contributed by atoms with van der Waals surface area (Å²) in [5.74, 6) is 3.54. The van der Waals surface area contributed by atoms with Crippen LogP contribution in [0.1, 0.15) is 60.2 Å². The first-order chi connectivity index (χ1) is 34.2. The number of imidazole rings is 2. The molecule has 18 nitrogen and oxygen atoms in total. The number of aliphatic hydroxyl groups is 2. The number of cyclic esters (lactones) is 2. The first-order valence-corrected chi connectivity index (χ1v) is 22.2. The van der Waals surface area contributed by atoms with E-state index in [1.165, 1.54) is 36.8 Å². The van der Waals surface area contributed by atoms with Crippen LogP contribution in [0.3, 0.4) is 0 Å². The summed E-state index contributed by atoms with van der Waals surface area (Å²) in [6, 6.07) is 13.8. The molecule has 0 saturated carbocycles. The van der Waals surface area contributed by atoms with E-state index in [0.717, 1.165) is 24.0 Å². The first-order valence-electron chi connectivity index (χ1n) is 22.2. The van der Waals surface area contributed by atoms with Gasteiger partial charge in [-0.3, -0.25) is 22.8 Å². The molecule has 0 aliphatic carbocycles. The lowest BCUT2D eigenvalue weighted by atomic mass is 9.90. The molecule has 0 radical (unpaired) electrons. The van der Waals surface area contributed by atoms with Gasteiger partial charge in [0.1, 0.15) is 65.1 Å². The Labute approximate surface area is 408 Å². The smallest absolute Gasteiger partial charge is 0.319 e. The number of anilines is 1. The number of fused-ring (bicyclic) bond motifs is 3. The Bertz CT molecular complexity index is 3390. The number of nitrogen functional groups attached to an aromatic ring is 1. The normalized spacial score (nSPS) is 13.3. The summed E-state index contributed by atoms with van der Waals surface area (Å²) in [7, 11) is 0. The molecule has 0 amide bonds. The maximum absolute atomic E-state index is 14.6. The van der Waals surface area contributed by atoms with Gasteiger partial charge in [-0.15, -0.1) is 10.2 Å². The van der Waals surface area contributed by atoms with Gasteiger partial charge in [0.05, 0.1) is 23.2 Å². The van der Waals surface area contributed by atoms with Crippen molar-refractivity contribution in [3.05, 3.63) is 127 Å². The summed E-state index contributed by atoms with van der Waals surface area (Å²) in [4.78, 5) is 43.9. The fraction of sp³-hybridized carbons (Fsp3) is 0.280. The second-order valence-corrected chi connectivity index (χ2v) is 18.8. The highest BCUT2D eigenvalue weighted by atomic mass is 19.1. The summed E-state index contributed by atoms with van der Waals surface area (Å²) in [5, 5.41) is 26.7. The number of benzene rings is 2. The zero-order valence-electron chi connectivity index (χ0n) is 39.9. The van der Waals surface area contributed by atoms with Gasteiger partial charge >= 0.3 is 23.6 Å². The van der Waals surface area contributed by atoms with E-state index in [-0.39, 0.29) is 41.6 Å². The number of aldehydes is 1. The average molecular weight is 995 g/mol. The molecule has 72 heavy (non-hydrogen) atoms. The SMILES string of the molecule is CC(C)(CO)CC=O.CC(C)(CO)Cc1nnc2ccc(-c3c(-c4ccc(F)cc4F)nc4occn34)cn12.CC1(C)CC(=O)OC1=O.NNc1ccc(-c2c(-c3ccc(F)cc3F)nc3occn23)cn1. The molecule has 2 aromatic carbocycles. The van der Waals surface area contributed by atoms with E-state index in [1.807, 2.05) is 50.4 Å². The van der Waals surface area contributed by atoms with Crippen LogP contribution in [-0.2, 0) is 25.5 Å². The highest BCUT2D eigenvalue weighted by Crippen LogP contribution is 2.37. The van der Waals surface area contributed by atoms with Crippen molar-refractivity contribution < 1.29 is 55.7 Å². The van der Waals surface area contributed by atoms with Crippen LogP contribution in [0.15, 0.2) is 107 Å². The van der Waals surface area contributed by atoms with Gasteiger partial charge in [-0.2, -0.15) is 9.97 Å². The van der Waals surface area contributed by atoms with E-state index in [1.54, 1.807) is 53.4 Å². The number of rotatable bonds is 11. The third-order valence-electron chi connectivity index (χ3n) is 11.3. The van der Waals surface area contributed by atoms with E-state index < -0.39 is 40.6 Å². The number of carbonyl (C=O) groups is 3. The highest BCUT2D eigenvalue weighted by molar-refractivity contribution is 5.96. The summed E-state index contributed by atoms with van der Waals surface area (Å²) < 4.78 is 75.7. The lowest BCUT2D eigenvalue weighted by Crippen LogP contribution is -2.21. The molecule has 1 fully saturated rings. The van der Waals surface area contributed by atoms with Gasteiger partial charge in [0.15, 0.2) is 5.65 Å². The molecule has 0 spiro atoms. The minimum absolute atomic E-state index is 0.00780. The number of aromatic nitrogens is 8. The number of hydrogen-bond acceptors (Lipinski definition) is 15. The molecule has 10 rings (SSSR count). The third-order valence-corrected chi connectivity index (χ3v) is 11.3. The Morgan fingerprint density at radius 2 is 1.32 bits per heavy atom. The lowest BCUT2D eigenvalue weighted by Gasteiger charge is -2.20. The molecular weight excluding hydrogens is 945 g/mol. The molecule has 7 aromatic heterocycles. The van der Waals surface area contributed by atoms with Crippen LogP contribution in [0.2, 0.25) is 0 Å². The van der Waals surface area contributed by atoms with Crippen LogP contribution in [0, 0.1) is 39.5 Å². The molecule has 0 atom stereocenters. The standard InChI is InChI=1S/C22H19F2N5O2.C16H11F2N5O.C6H8O3.C6H12O2/c1-22(2,12-30)10-18-27-26-17-6-3-13(11-29(17)18)20-19(25-21-28(20)7-8-31-21)15-5-4-14(23)9-16(15)24;17-10-2-3-11(12(18)7-10)14-15(23-5-6-24-16(23)21-14)9-1-4-13(22-19)20-8-9;1-6(2)3-4(7)9-5(6)8;1-6(2,5-8)3-4-7/h3-9,11,30H,10,12H2,1-2H3;1-8H,19H2,(H,20,22);3H2,1-2H3;4,8H,3,5H2,1-2H3. The Balaban J connectivity index is 0.000000163. The van der Waals surface area contributed by atoms with Gasteiger partial charge in [-0.25, -0.2) is 28.4 Å². The topological polar surface area (TPSA) is 243 Å². The van der Waals surface area contributed by atoms with Crippen molar-refractivity contribution in [2.45, 2.75) is 60.8 Å². The fourth-order valence-corrected chi connectivity index (χ4v) is 7.16. The summed E-state index contributed by atoms with van der Waals surface area (Å²) in [6.45, 7) is 11.1. The maximum Gasteiger partial charge on any atom is 0.319 e. The Morgan fingerprint density at radius 1 is 0.764 bits per heavy atom. The van der Waals surface area contributed by atoms with Crippen LogP contribution in [0.25, 0.3) is 62.4 Å². The average Bonchev–Trinajstić information content (AvgIpc) is 4.20. The quantitative estimate of drug-likeness (QED) is 0.0237. The summed E-state index contributed by atoms with van der Waals surface area (Å²) >= 11 is 0. The van der Waals surface area contributed by atoms with Crippen LogP contribution >= 0.6 is 0 Å². The van der Waals surface area contributed by atoms with E-state index in [2.05, 4.69) is 35.3 Å². The summed E-state index contributed by atoms with van der Waals surface area (Å²) in [5.41, 5.74) is 5.51. The van der Waals surface area contributed by atoms with E-state index in [4.69, 9.17) is 19.8 Å². The van der Waals surface area contributed by atoms with Crippen LogP contribution in [-0.4, -0.2) is 80.0 Å². The second-order valence-electron chi connectivity index (χ2n) is 18.8. The predicted octanol–water partition coefficient (Wildman–Crippen LogP) is 8.44. The number of halogens is 4. The monoisotopic (exact) mass is 994 g/mol. The Kier molecular flexibility index (Phi) is 15.2. The van der Waals surface area contributed by atoms with E-state index in [0.29, 0.717) is 70.2 Å². The molecule has 0 unspecified atom stereocenters. The molecular formula is C50H50F4N10O8. The van der Waals surface area contributed by atoms with Gasteiger partial charge in [-0.05, 0) is 73.2 Å². The first kappa shape index (κ1) is 51.8. The van der Waals surface area contributed by atoms with Gasteiger partial charge in [0, 0.05) is 85.2 Å². The van der Waals surface area contributed by atoms with E-state index in [9.17, 15) is 37.1 Å². The van der Waals surface area contributed by atoms with Crippen LogP contribution in [0.4, 0.5) is 23.4 Å². The minimum atomic E-state index is -0.710. The molecule has 5 N–H and O–H groups in total. The fourth-order valence-electron chi connectivity index (χ4n) is 7.16. The predicted molar refractivity (Wildman–Crippen MR) is 254 cm³/mol. The molecule has 376 valence electrons. The Hall–Kier alpha value is -8.08. The number of nitrogens with one attached hydrogen (secondary N) is 1. The highest BCUT2D eigenvalue weighted by Gasteiger charge is 2.40. The molecule has 22 heteroatoms. The van der Waals surface area contributed by atoms with Crippen molar-refractivity contribution in [2.24, 2.45) is 22.1 Å². The molecule has 0 bridgehead atoms. The Morgan fingerprint density at radius 3 is 1.75 bits per heavy atom. The summed E-state index contributed by atoms with van der Waals surface area (Å²) in [6.07, 6.45) is 11.7. The second kappa shape index (κ2) is 21.1. The van der Waals surface area contributed by atoms with Gasteiger partial charge in [-0.1, -0.05) is 27.7 Å². The largest absolute Gasteiger partial charge is 0.432 e. The number of nitrogens with two attached hydrogens (primary N) is 1. The number of ether oxygens (including phenoxy) is 1. The van der Waals surface area contributed by atoms with Crippen LogP contribution < -0.4 is 11.3 Å². The molecule has 9 aromatic rings. The molecule has 8 heterocycles. The van der Waals surface area contributed by atoms with Crippen LogP contribution in [0.5, 0.6) is 0 Å². The number of hydrazine groups is 1.